The van der Waals surface area contributed by atoms with Gasteiger partial charge in [0.2, 0.25) is 0 Å². The van der Waals surface area contributed by atoms with Crippen LogP contribution in [0.4, 0.5) is 31.5 Å². The standard InChI is InChI=1S/C23H25FN6O.C23H26N6O.C23H24N6.C22H23FN6O/c1-13(2)27-23(31)17-11-16-19(29-9-3-4-15(25)12-29)7-8-26-21(16)30-20-10-14(24)5-6-18(20)28-22(17)30;1-14-11-20(28-10-9-15(13-28)27(3)4)16-12-17(23(30)24-2)22-26-18-7-5-6-8-19(18)29(22)21(16)25-14;1-14-9-19-21(10-15(14)2)29-22(26-19)16(12-24)11-18-20(5-7-25-23(18)29)28-8-6-17(13-28)27(3)4;1-2-25-22(30)16-11-15-18(28-9-3-4-14(24)12-28)7-8-26-20(15)29-19-10-13(23)5-6-17(19)27-21(16)29/h5-8,10-11,13,15H,3-4,9,12,25H2,1-2H3,(H,27,31);5-8,11-12,15H,9-10,13H2,1-4H3,(H,24,30);5,7,9-11,17H,6,8,13H2,1-4H3;5-8,10-11,14H,2-4,9,12,24H2,1H3,(H,25,30)/t2*15-;17-;14-/m1001/s1. The van der Waals surface area contributed by atoms with Crippen LogP contribution in [0, 0.1) is 43.7 Å². The first-order valence-electron chi connectivity index (χ1n) is 41.2. The number of hydrogen-bond donors (Lipinski definition) is 5. The Kier molecular flexibility index (Phi) is 21.5. The number of nitrogens with one attached hydrogen (secondary N) is 3. The third-order valence-electron chi connectivity index (χ3n) is 23.9. The topological polar surface area (TPSA) is 303 Å². The SMILES string of the molecule is CC(C)NC(=O)c1cc2c(N3CCC[C@@H](N)C3)ccnc2n2c1nc1ccc(F)cc12.CCNC(=O)c1cc2c(N3CCC[C@@H](N)C3)ccnc2n2c1nc1ccc(F)cc12.CNC(=O)c1cc2c(N3CC[C@H](N(C)C)C3)cc(C)nc2n2c1nc1ccccc12.Cc1cc2nc3c(C#N)cc4c(N5CC[C@H](N(C)C)C5)ccnc4n3c2cc1C. The third kappa shape index (κ3) is 14.6. The summed E-state index contributed by atoms with van der Waals surface area (Å²) < 4.78 is 35.9. The summed E-state index contributed by atoms with van der Waals surface area (Å²) in [6.07, 6.45) is 11.6. The maximum atomic E-state index is 14.1. The number of imidazole rings is 4. The Morgan fingerprint density at radius 2 is 0.925 bits per heavy atom. The van der Waals surface area contributed by atoms with E-state index in [1.165, 1.54) is 35.4 Å². The number of rotatable bonds is 11. The molecule has 27 nitrogen and oxygen atoms in total. The molecule has 12 aromatic heterocycles. The van der Waals surface area contributed by atoms with Crippen molar-refractivity contribution in [1.82, 2.24) is 83.2 Å². The van der Waals surface area contributed by atoms with Crippen LogP contribution in [0.15, 0.2) is 140 Å². The predicted molar refractivity (Wildman–Crippen MR) is 472 cm³/mol. The molecular weight excluding hydrogens is 1520 g/mol. The van der Waals surface area contributed by atoms with Crippen molar-refractivity contribution in [3.63, 3.8) is 0 Å². The van der Waals surface area contributed by atoms with Crippen LogP contribution in [0.2, 0.25) is 0 Å². The lowest BCUT2D eigenvalue weighted by molar-refractivity contribution is 0.0939. The summed E-state index contributed by atoms with van der Waals surface area (Å²) in [5.41, 5.74) is 33.4. The molecule has 0 spiro atoms. The number of piperidine rings is 2. The Labute approximate surface area is 691 Å². The van der Waals surface area contributed by atoms with Crippen LogP contribution in [-0.4, -0.2) is 209 Å². The number of anilines is 4. The second-order valence-corrected chi connectivity index (χ2v) is 32.8. The average molecular weight is 1610 g/mol. The quantitative estimate of drug-likeness (QED) is 0.0803. The molecule has 120 heavy (non-hydrogen) atoms. The first-order chi connectivity index (χ1) is 57.9. The number of nitriles is 1. The lowest BCUT2D eigenvalue weighted by Crippen LogP contribution is -2.43. The van der Waals surface area contributed by atoms with Crippen molar-refractivity contribution in [3.8, 4) is 6.07 Å². The maximum absolute atomic E-state index is 14.1. The molecule has 614 valence electrons. The van der Waals surface area contributed by atoms with Crippen molar-refractivity contribution in [2.45, 2.75) is 110 Å². The number of likely N-dealkylation sites (N-methyl/N-ethyl adjacent to an activating group) is 2. The molecule has 4 saturated heterocycles. The number of aryl methyl sites for hydroxylation is 3. The lowest BCUT2D eigenvalue weighted by atomic mass is 10.0. The molecule has 0 saturated carbocycles. The predicted octanol–water partition coefficient (Wildman–Crippen LogP) is 12.6. The van der Waals surface area contributed by atoms with Crippen molar-refractivity contribution in [3.05, 3.63) is 191 Å². The van der Waals surface area contributed by atoms with Crippen LogP contribution >= 0.6 is 0 Å². The van der Waals surface area contributed by atoms with Crippen LogP contribution in [0.25, 0.3) is 111 Å². The number of hydrogen-bond acceptors (Lipinski definition) is 20. The van der Waals surface area contributed by atoms with E-state index in [9.17, 15) is 28.4 Å². The van der Waals surface area contributed by atoms with E-state index in [1.807, 2.05) is 99.0 Å². The fraction of sp³-hybridized carbons (Fsp3) is 0.341. The Bertz CT molecular complexity index is 6820. The molecular formula is C91H98F2N24O3. The minimum absolute atomic E-state index is 0.0291. The Balaban J connectivity index is 0.000000114. The number of fused-ring (bicyclic) bond motifs is 20. The van der Waals surface area contributed by atoms with Crippen LogP contribution in [0.3, 0.4) is 0 Å². The minimum Gasteiger partial charge on any atom is -0.369 e. The van der Waals surface area contributed by atoms with E-state index in [-0.39, 0.29) is 47.5 Å². The highest BCUT2D eigenvalue weighted by atomic mass is 19.1. The van der Waals surface area contributed by atoms with E-state index in [1.54, 1.807) is 40.4 Å². The highest BCUT2D eigenvalue weighted by molar-refractivity contribution is 6.11. The van der Waals surface area contributed by atoms with Gasteiger partial charge >= 0.3 is 0 Å². The minimum atomic E-state index is -0.363. The molecule has 4 aliphatic heterocycles. The van der Waals surface area contributed by atoms with E-state index < -0.39 is 0 Å². The highest BCUT2D eigenvalue weighted by Gasteiger charge is 2.32. The molecule has 0 aliphatic carbocycles. The number of amides is 3. The van der Waals surface area contributed by atoms with Crippen LogP contribution in [-0.2, 0) is 0 Å². The van der Waals surface area contributed by atoms with Crippen molar-refractivity contribution in [2.75, 3.05) is 114 Å². The van der Waals surface area contributed by atoms with Gasteiger partial charge in [-0.1, -0.05) is 12.1 Å². The fourth-order valence-corrected chi connectivity index (χ4v) is 17.8. The Morgan fingerprint density at radius 1 is 0.483 bits per heavy atom. The average Bonchev–Trinajstić information content (AvgIpc) is 1.57. The number of carbonyl (C=O) groups is 3. The molecule has 29 heteroatoms. The summed E-state index contributed by atoms with van der Waals surface area (Å²) in [5.74, 6) is -1.30. The summed E-state index contributed by atoms with van der Waals surface area (Å²) in [6.45, 7) is 19.6. The van der Waals surface area contributed by atoms with Crippen molar-refractivity contribution >= 4 is 151 Å². The van der Waals surface area contributed by atoms with Crippen molar-refractivity contribution in [1.29, 1.82) is 5.26 Å². The van der Waals surface area contributed by atoms with Crippen LogP contribution in [0.1, 0.15) is 113 Å². The molecule has 20 rings (SSSR count). The molecule has 4 fully saturated rings. The number of nitrogens with two attached hydrogens (primary N) is 2. The van der Waals surface area contributed by atoms with Gasteiger partial charge in [-0.15, -0.1) is 0 Å². The molecule has 7 N–H and O–H groups in total. The first kappa shape index (κ1) is 79.6. The zero-order valence-corrected chi connectivity index (χ0v) is 69.4. The molecule has 3 amide bonds. The molecule has 4 atom stereocenters. The zero-order chi connectivity index (χ0) is 83.8. The first-order valence-corrected chi connectivity index (χ1v) is 41.2. The van der Waals surface area contributed by atoms with Crippen molar-refractivity contribution < 1.29 is 23.2 Å². The largest absolute Gasteiger partial charge is 0.369 e. The molecule has 16 aromatic rings. The van der Waals surface area contributed by atoms with Gasteiger partial charge in [0.25, 0.3) is 17.7 Å². The summed E-state index contributed by atoms with van der Waals surface area (Å²) in [5, 5.41) is 22.1. The number of nitrogens with zero attached hydrogens (tertiary/aromatic N) is 19. The van der Waals surface area contributed by atoms with E-state index in [4.69, 9.17) is 31.4 Å². The normalized spacial score (nSPS) is 17.1. The summed E-state index contributed by atoms with van der Waals surface area (Å²) in [7, 11) is 10.2. The molecule has 16 heterocycles. The summed E-state index contributed by atoms with van der Waals surface area (Å²) >= 11 is 0. The molecule has 4 aliphatic rings. The fourth-order valence-electron chi connectivity index (χ4n) is 17.8. The van der Waals surface area contributed by atoms with E-state index in [0.717, 1.165) is 174 Å². The molecule has 0 radical (unpaired) electrons. The highest BCUT2D eigenvalue weighted by Crippen LogP contribution is 2.40. The molecule has 4 aromatic carbocycles. The number of aromatic nitrogens is 12. The van der Waals surface area contributed by atoms with Gasteiger partial charge in [-0.25, -0.2) is 48.7 Å². The molecule has 0 bridgehead atoms. The van der Waals surface area contributed by atoms with Crippen molar-refractivity contribution in [2.24, 2.45) is 11.5 Å². The second-order valence-electron chi connectivity index (χ2n) is 32.8. The number of para-hydroxylation sites is 2. The number of halogens is 2. The number of benzene rings is 4. The number of pyridine rings is 8. The van der Waals surface area contributed by atoms with E-state index in [0.29, 0.717) is 96.8 Å². The third-order valence-corrected chi connectivity index (χ3v) is 23.9. The smallest absolute Gasteiger partial charge is 0.255 e. The van der Waals surface area contributed by atoms with Crippen LogP contribution in [0.5, 0.6) is 0 Å². The van der Waals surface area contributed by atoms with Gasteiger partial charge in [0.15, 0.2) is 22.6 Å². The lowest BCUT2D eigenvalue weighted by Gasteiger charge is -2.33. The van der Waals surface area contributed by atoms with Gasteiger partial charge in [0, 0.05) is 177 Å². The van der Waals surface area contributed by atoms with E-state index in [2.05, 4.69) is 142 Å². The van der Waals surface area contributed by atoms with Gasteiger partial charge < -0.3 is 56.8 Å². The van der Waals surface area contributed by atoms with Gasteiger partial charge in [-0.2, -0.15) is 5.26 Å². The maximum Gasteiger partial charge on any atom is 0.255 e. The zero-order valence-electron chi connectivity index (χ0n) is 69.4. The second kappa shape index (κ2) is 32.4. The van der Waals surface area contributed by atoms with E-state index >= 15 is 0 Å². The van der Waals surface area contributed by atoms with Crippen LogP contribution < -0.4 is 47.0 Å². The number of carbonyl (C=O) groups excluding carboxylic acids is 3. The summed E-state index contributed by atoms with van der Waals surface area (Å²) in [4.78, 5) is 90.3. The molecule has 0 unspecified atom stereocenters. The Morgan fingerprint density at radius 3 is 1.42 bits per heavy atom. The van der Waals surface area contributed by atoms with Gasteiger partial charge in [0.1, 0.15) is 40.3 Å². The van der Waals surface area contributed by atoms with Gasteiger partial charge in [-0.3, -0.25) is 32.0 Å². The monoisotopic (exact) mass is 1610 g/mol. The van der Waals surface area contributed by atoms with Gasteiger partial charge in [-0.05, 0) is 216 Å². The van der Waals surface area contributed by atoms with Gasteiger partial charge in [0.05, 0.1) is 66.4 Å². The Hall–Kier alpha value is -12.9. The summed E-state index contributed by atoms with van der Waals surface area (Å²) in [6, 6.07) is 40.4.